The molecule has 0 rings (SSSR count). The van der Waals surface area contributed by atoms with Crippen molar-refractivity contribution in [1.82, 2.24) is 4.90 Å². The Hall–Kier alpha value is -0.310. The Kier molecular flexibility index (Phi) is 11.7. The van der Waals surface area contributed by atoms with E-state index in [1.54, 1.807) is 0 Å². The van der Waals surface area contributed by atoms with E-state index in [1.807, 2.05) is 12.2 Å². The predicted octanol–water partition coefficient (Wildman–Crippen LogP) is 1.07. The summed E-state index contributed by atoms with van der Waals surface area (Å²) in [6, 6.07) is 0. The van der Waals surface area contributed by atoms with Gasteiger partial charge in [-0.05, 0) is 0 Å². The van der Waals surface area contributed by atoms with Crippen LogP contribution in [0.1, 0.15) is 0 Å². The zero-order valence-corrected chi connectivity index (χ0v) is 7.52. The van der Waals surface area contributed by atoms with Crippen LogP contribution in [-0.4, -0.2) is 36.2 Å². The molecule has 0 amide bonds. The average molecular weight is 178 g/mol. The Morgan fingerprint density at radius 2 is 1.64 bits per heavy atom. The first-order chi connectivity index (χ1) is 4.85. The molecule has 0 aromatic rings. The zero-order valence-electron chi connectivity index (χ0n) is 6.70. The molecule has 0 atom stereocenters. The van der Waals surface area contributed by atoms with E-state index >= 15 is 0 Å². The second kappa shape index (κ2) is 9.69. The maximum Gasteiger partial charge on any atom is 0.0558 e. The van der Waals surface area contributed by atoms with Gasteiger partial charge >= 0.3 is 0 Å². The summed E-state index contributed by atoms with van der Waals surface area (Å²) < 4.78 is 0. The van der Waals surface area contributed by atoms with Crippen molar-refractivity contribution in [3.63, 3.8) is 0 Å². The van der Waals surface area contributed by atoms with Gasteiger partial charge in [-0.2, -0.15) is 0 Å². The highest BCUT2D eigenvalue weighted by atomic mass is 35.5. The molecule has 11 heavy (non-hydrogen) atoms. The Morgan fingerprint density at radius 1 is 1.18 bits per heavy atom. The number of hydrogen-bond donors (Lipinski definition) is 1. The number of aliphatic hydroxyl groups is 1. The highest BCUT2D eigenvalue weighted by molar-refractivity contribution is 5.85. The van der Waals surface area contributed by atoms with Crippen LogP contribution in [0.2, 0.25) is 0 Å². The summed E-state index contributed by atoms with van der Waals surface area (Å²) in [6.07, 6.45) is 3.64. The van der Waals surface area contributed by atoms with Gasteiger partial charge in [0.15, 0.2) is 0 Å². The van der Waals surface area contributed by atoms with E-state index in [-0.39, 0.29) is 19.0 Å². The lowest BCUT2D eigenvalue weighted by Crippen LogP contribution is -2.26. The van der Waals surface area contributed by atoms with Gasteiger partial charge < -0.3 is 5.11 Å². The summed E-state index contributed by atoms with van der Waals surface area (Å²) in [6.45, 7) is 9.73. The van der Waals surface area contributed by atoms with E-state index in [9.17, 15) is 0 Å². The molecule has 0 spiro atoms. The highest BCUT2D eigenvalue weighted by Crippen LogP contribution is 1.86. The number of halogens is 1. The van der Waals surface area contributed by atoms with Gasteiger partial charge in [0.05, 0.1) is 6.61 Å². The molecule has 0 saturated carbocycles. The molecule has 0 aliphatic rings. The van der Waals surface area contributed by atoms with Gasteiger partial charge in [-0.1, -0.05) is 12.2 Å². The monoisotopic (exact) mass is 177 g/mol. The summed E-state index contributed by atoms with van der Waals surface area (Å²) in [7, 11) is 0. The standard InChI is InChI=1S/C8H15NO.ClH/c1-3-5-9(6-4-2)7-8-10;/h3-4,10H,1-2,5-8H2;1H. The van der Waals surface area contributed by atoms with Crippen LogP contribution in [0.15, 0.2) is 25.3 Å². The van der Waals surface area contributed by atoms with Crippen molar-refractivity contribution in [1.29, 1.82) is 0 Å². The van der Waals surface area contributed by atoms with E-state index < -0.39 is 0 Å². The van der Waals surface area contributed by atoms with Crippen molar-refractivity contribution in [2.24, 2.45) is 0 Å². The van der Waals surface area contributed by atoms with Crippen LogP contribution in [0.25, 0.3) is 0 Å². The zero-order chi connectivity index (χ0) is 7.82. The molecular formula is C8H16ClNO. The maximum atomic E-state index is 8.58. The first-order valence-electron chi connectivity index (χ1n) is 3.40. The maximum absolute atomic E-state index is 8.58. The van der Waals surface area contributed by atoms with Crippen LogP contribution in [0.3, 0.4) is 0 Å². The minimum absolute atomic E-state index is 0. The molecule has 0 aromatic heterocycles. The summed E-state index contributed by atoms with van der Waals surface area (Å²) in [4.78, 5) is 2.06. The lowest BCUT2D eigenvalue weighted by molar-refractivity contribution is 0.220. The smallest absolute Gasteiger partial charge is 0.0558 e. The SMILES string of the molecule is C=CCN(CC=C)CCO.Cl. The Morgan fingerprint density at radius 3 is 1.91 bits per heavy atom. The van der Waals surface area contributed by atoms with Crippen molar-refractivity contribution < 1.29 is 5.11 Å². The molecule has 0 bridgehead atoms. The van der Waals surface area contributed by atoms with Crippen LogP contribution in [0.5, 0.6) is 0 Å². The van der Waals surface area contributed by atoms with E-state index in [0.717, 1.165) is 13.1 Å². The van der Waals surface area contributed by atoms with Gasteiger partial charge in [-0.25, -0.2) is 0 Å². The van der Waals surface area contributed by atoms with Gasteiger partial charge in [0.25, 0.3) is 0 Å². The first kappa shape index (κ1) is 13.3. The van der Waals surface area contributed by atoms with Gasteiger partial charge in [-0.15, -0.1) is 25.6 Å². The molecule has 3 heteroatoms. The fraction of sp³-hybridized carbons (Fsp3) is 0.500. The number of rotatable bonds is 6. The summed E-state index contributed by atoms with van der Waals surface area (Å²) >= 11 is 0. The van der Waals surface area contributed by atoms with Crippen LogP contribution in [0, 0.1) is 0 Å². The van der Waals surface area contributed by atoms with Gasteiger partial charge in [0, 0.05) is 19.6 Å². The third-order valence-corrected chi connectivity index (χ3v) is 1.19. The van der Waals surface area contributed by atoms with E-state index in [0.29, 0.717) is 6.54 Å². The van der Waals surface area contributed by atoms with Crippen LogP contribution >= 0.6 is 12.4 Å². The summed E-state index contributed by atoms with van der Waals surface area (Å²) in [5.74, 6) is 0. The normalized spacial score (nSPS) is 8.91. The lowest BCUT2D eigenvalue weighted by atomic mass is 10.4. The lowest BCUT2D eigenvalue weighted by Gasteiger charge is -2.16. The minimum Gasteiger partial charge on any atom is -0.395 e. The molecule has 0 saturated heterocycles. The van der Waals surface area contributed by atoms with Crippen molar-refractivity contribution in [2.75, 3.05) is 26.2 Å². The molecule has 0 aromatic carbocycles. The number of nitrogens with zero attached hydrogens (tertiary/aromatic N) is 1. The first-order valence-corrected chi connectivity index (χ1v) is 3.40. The van der Waals surface area contributed by atoms with E-state index in [2.05, 4.69) is 18.1 Å². The molecule has 1 N–H and O–H groups in total. The van der Waals surface area contributed by atoms with Crippen molar-refractivity contribution in [3.05, 3.63) is 25.3 Å². The third-order valence-electron chi connectivity index (χ3n) is 1.19. The van der Waals surface area contributed by atoms with Crippen LogP contribution in [0.4, 0.5) is 0 Å². The van der Waals surface area contributed by atoms with Crippen LogP contribution < -0.4 is 0 Å². The Balaban J connectivity index is 0. The second-order valence-corrected chi connectivity index (χ2v) is 2.06. The molecule has 66 valence electrons. The molecule has 0 heterocycles. The van der Waals surface area contributed by atoms with Gasteiger partial charge in [0.2, 0.25) is 0 Å². The topological polar surface area (TPSA) is 23.5 Å². The fourth-order valence-corrected chi connectivity index (χ4v) is 0.764. The largest absolute Gasteiger partial charge is 0.395 e. The van der Waals surface area contributed by atoms with Crippen molar-refractivity contribution in [2.45, 2.75) is 0 Å². The predicted molar refractivity (Wildman–Crippen MR) is 51.2 cm³/mol. The highest BCUT2D eigenvalue weighted by Gasteiger charge is 1.96. The second-order valence-electron chi connectivity index (χ2n) is 2.06. The molecule has 0 radical (unpaired) electrons. The number of hydrogen-bond acceptors (Lipinski definition) is 2. The van der Waals surface area contributed by atoms with E-state index in [1.165, 1.54) is 0 Å². The molecule has 0 aliphatic carbocycles. The molecule has 0 aliphatic heterocycles. The van der Waals surface area contributed by atoms with Gasteiger partial charge in [-0.3, -0.25) is 4.90 Å². The summed E-state index contributed by atoms with van der Waals surface area (Å²) in [5.41, 5.74) is 0. The van der Waals surface area contributed by atoms with Crippen molar-refractivity contribution >= 4 is 12.4 Å². The van der Waals surface area contributed by atoms with Gasteiger partial charge in [0.1, 0.15) is 0 Å². The quantitative estimate of drug-likeness (QED) is 0.614. The third kappa shape index (κ3) is 7.59. The number of aliphatic hydroxyl groups excluding tert-OH is 1. The van der Waals surface area contributed by atoms with E-state index in [4.69, 9.17) is 5.11 Å². The Bertz CT molecular complexity index is 96.3. The average Bonchev–Trinajstić information content (AvgIpc) is 1.90. The van der Waals surface area contributed by atoms with Crippen molar-refractivity contribution in [3.8, 4) is 0 Å². The van der Waals surface area contributed by atoms with Crippen LogP contribution in [-0.2, 0) is 0 Å². The molecule has 0 fully saturated rings. The fourth-order valence-electron chi connectivity index (χ4n) is 0.764. The Labute approximate surface area is 74.6 Å². The molecule has 0 unspecified atom stereocenters. The summed E-state index contributed by atoms with van der Waals surface area (Å²) in [5, 5.41) is 8.58. The minimum atomic E-state index is 0. The molecule has 2 nitrogen and oxygen atoms in total. The molecular weight excluding hydrogens is 162 g/mol.